The zero-order valence-corrected chi connectivity index (χ0v) is 15.0. The number of sulfone groups is 1. The summed E-state index contributed by atoms with van der Waals surface area (Å²) >= 11 is 0. The fraction of sp³-hybridized carbons (Fsp3) is 0.562. The molecule has 0 N–H and O–H groups in total. The molecule has 0 aliphatic heterocycles. The summed E-state index contributed by atoms with van der Waals surface area (Å²) in [5.74, 6) is 0.385. The maximum absolute atomic E-state index is 12.8. The molecule has 0 radical (unpaired) electrons. The Morgan fingerprint density at radius 3 is 2.32 bits per heavy atom. The summed E-state index contributed by atoms with van der Waals surface area (Å²) in [5, 5.41) is 0. The van der Waals surface area contributed by atoms with E-state index in [0.29, 0.717) is 11.3 Å². The first kappa shape index (κ1) is 18.5. The Kier molecular flexibility index (Phi) is 5.62. The lowest BCUT2D eigenvalue weighted by Gasteiger charge is -2.35. The van der Waals surface area contributed by atoms with Crippen molar-refractivity contribution in [1.82, 2.24) is 4.90 Å². The van der Waals surface area contributed by atoms with Crippen LogP contribution in [0.4, 0.5) is 0 Å². The van der Waals surface area contributed by atoms with Crippen molar-refractivity contribution in [2.24, 2.45) is 0 Å². The van der Waals surface area contributed by atoms with Crippen LogP contribution in [0, 0.1) is 6.92 Å². The summed E-state index contributed by atoms with van der Waals surface area (Å²) in [6, 6.07) is 5.25. The van der Waals surface area contributed by atoms with Gasteiger partial charge in [0.1, 0.15) is 15.6 Å². The van der Waals surface area contributed by atoms with Crippen LogP contribution in [-0.4, -0.2) is 50.4 Å². The molecule has 1 aromatic carbocycles. The largest absolute Gasteiger partial charge is 0.496 e. The standard InChI is InChI=1S/C16H25NO4S/c1-12-7-8-13(11-14(12)21-5)15(18)17(16(2,3)4)9-10-22(6,19)20/h7-8,11H,9-10H2,1-6H3. The molecule has 0 fully saturated rings. The molecule has 0 heterocycles. The van der Waals surface area contributed by atoms with Gasteiger partial charge < -0.3 is 9.64 Å². The van der Waals surface area contributed by atoms with E-state index in [1.54, 1.807) is 24.1 Å². The highest BCUT2D eigenvalue weighted by Gasteiger charge is 2.28. The van der Waals surface area contributed by atoms with Crippen LogP contribution in [0.15, 0.2) is 18.2 Å². The minimum Gasteiger partial charge on any atom is -0.496 e. The van der Waals surface area contributed by atoms with Crippen LogP contribution < -0.4 is 4.74 Å². The molecule has 0 aliphatic carbocycles. The zero-order chi connectivity index (χ0) is 17.1. The third-order valence-corrected chi connectivity index (χ3v) is 4.32. The summed E-state index contributed by atoms with van der Waals surface area (Å²) < 4.78 is 28.1. The van der Waals surface area contributed by atoms with Gasteiger partial charge in [-0.05, 0) is 45.4 Å². The lowest BCUT2D eigenvalue weighted by atomic mass is 10.0. The van der Waals surface area contributed by atoms with Crippen molar-refractivity contribution in [3.63, 3.8) is 0 Å². The smallest absolute Gasteiger partial charge is 0.254 e. The van der Waals surface area contributed by atoms with E-state index in [4.69, 9.17) is 4.74 Å². The number of carbonyl (C=O) groups excluding carboxylic acids is 1. The fourth-order valence-electron chi connectivity index (χ4n) is 2.11. The molecule has 6 heteroatoms. The number of nitrogens with zero attached hydrogens (tertiary/aromatic N) is 1. The maximum Gasteiger partial charge on any atom is 0.254 e. The highest BCUT2D eigenvalue weighted by Crippen LogP contribution is 2.23. The number of methoxy groups -OCH3 is 1. The third-order valence-electron chi connectivity index (χ3n) is 3.40. The minimum atomic E-state index is -3.13. The van der Waals surface area contributed by atoms with E-state index < -0.39 is 15.4 Å². The molecule has 5 nitrogen and oxygen atoms in total. The summed E-state index contributed by atoms with van der Waals surface area (Å²) in [5.41, 5.74) is 0.961. The van der Waals surface area contributed by atoms with E-state index in [2.05, 4.69) is 0 Å². The molecular weight excluding hydrogens is 302 g/mol. The predicted molar refractivity (Wildman–Crippen MR) is 88.2 cm³/mol. The first-order valence-electron chi connectivity index (χ1n) is 7.10. The molecule has 0 atom stereocenters. The Hall–Kier alpha value is -1.56. The van der Waals surface area contributed by atoms with E-state index in [-0.39, 0.29) is 18.2 Å². The molecular formula is C16H25NO4S. The van der Waals surface area contributed by atoms with Crippen LogP contribution in [-0.2, 0) is 9.84 Å². The van der Waals surface area contributed by atoms with E-state index in [1.165, 1.54) is 6.26 Å². The third kappa shape index (κ3) is 5.02. The lowest BCUT2D eigenvalue weighted by Crippen LogP contribution is -2.47. The Labute approximate surface area is 133 Å². The lowest BCUT2D eigenvalue weighted by molar-refractivity contribution is 0.0601. The van der Waals surface area contributed by atoms with Gasteiger partial charge in [0.2, 0.25) is 0 Å². The fourth-order valence-corrected chi connectivity index (χ4v) is 2.62. The monoisotopic (exact) mass is 327 g/mol. The molecule has 0 aliphatic rings. The van der Waals surface area contributed by atoms with Crippen molar-refractivity contribution in [2.75, 3.05) is 25.7 Å². The van der Waals surface area contributed by atoms with Gasteiger partial charge in [0.05, 0.1) is 12.9 Å². The highest BCUT2D eigenvalue weighted by molar-refractivity contribution is 7.90. The average Bonchev–Trinajstić information content (AvgIpc) is 2.36. The molecule has 0 saturated heterocycles. The van der Waals surface area contributed by atoms with Gasteiger partial charge in [0.15, 0.2) is 0 Å². The second kappa shape index (κ2) is 6.69. The van der Waals surface area contributed by atoms with Crippen molar-refractivity contribution in [2.45, 2.75) is 33.2 Å². The van der Waals surface area contributed by atoms with Crippen LogP contribution in [0.25, 0.3) is 0 Å². The Morgan fingerprint density at radius 2 is 1.86 bits per heavy atom. The van der Waals surface area contributed by atoms with Gasteiger partial charge in [-0.1, -0.05) is 6.07 Å². The topological polar surface area (TPSA) is 63.7 Å². The number of amides is 1. The quantitative estimate of drug-likeness (QED) is 0.832. The van der Waals surface area contributed by atoms with Crippen LogP contribution in [0.1, 0.15) is 36.7 Å². The van der Waals surface area contributed by atoms with Gasteiger partial charge in [-0.15, -0.1) is 0 Å². The molecule has 22 heavy (non-hydrogen) atoms. The van der Waals surface area contributed by atoms with Gasteiger partial charge in [0.25, 0.3) is 5.91 Å². The van der Waals surface area contributed by atoms with Crippen molar-refractivity contribution in [3.8, 4) is 5.75 Å². The minimum absolute atomic E-state index is 0.0565. The highest BCUT2D eigenvalue weighted by atomic mass is 32.2. The number of hydrogen-bond donors (Lipinski definition) is 0. The molecule has 0 aromatic heterocycles. The van der Waals surface area contributed by atoms with Crippen molar-refractivity contribution in [1.29, 1.82) is 0 Å². The second-order valence-electron chi connectivity index (χ2n) is 6.44. The molecule has 0 unspecified atom stereocenters. The van der Waals surface area contributed by atoms with Gasteiger partial charge in [-0.3, -0.25) is 4.79 Å². The van der Waals surface area contributed by atoms with Crippen LogP contribution in [0.3, 0.4) is 0 Å². The first-order chi connectivity index (χ1) is 9.95. The number of aryl methyl sites for hydroxylation is 1. The zero-order valence-electron chi connectivity index (χ0n) is 14.1. The van der Waals surface area contributed by atoms with E-state index in [9.17, 15) is 13.2 Å². The molecule has 0 spiro atoms. The normalized spacial score (nSPS) is 12.1. The van der Waals surface area contributed by atoms with Crippen LogP contribution in [0.5, 0.6) is 5.75 Å². The average molecular weight is 327 g/mol. The molecule has 124 valence electrons. The molecule has 1 aromatic rings. The number of benzene rings is 1. The Bertz CT molecular complexity index is 645. The second-order valence-corrected chi connectivity index (χ2v) is 8.70. The molecule has 0 bridgehead atoms. The molecule has 0 saturated carbocycles. The van der Waals surface area contributed by atoms with Gasteiger partial charge in [0, 0.05) is 23.9 Å². The summed E-state index contributed by atoms with van der Waals surface area (Å²) in [6.07, 6.45) is 1.17. The van der Waals surface area contributed by atoms with Crippen LogP contribution in [0.2, 0.25) is 0 Å². The summed E-state index contributed by atoms with van der Waals surface area (Å²) in [4.78, 5) is 14.3. The van der Waals surface area contributed by atoms with Crippen molar-refractivity contribution in [3.05, 3.63) is 29.3 Å². The van der Waals surface area contributed by atoms with E-state index in [1.807, 2.05) is 33.8 Å². The number of rotatable bonds is 5. The van der Waals surface area contributed by atoms with Crippen molar-refractivity contribution < 1.29 is 17.9 Å². The predicted octanol–water partition coefficient (Wildman–Crippen LogP) is 2.29. The van der Waals surface area contributed by atoms with E-state index in [0.717, 1.165) is 5.56 Å². The number of hydrogen-bond acceptors (Lipinski definition) is 4. The van der Waals surface area contributed by atoms with Gasteiger partial charge >= 0.3 is 0 Å². The first-order valence-corrected chi connectivity index (χ1v) is 9.16. The van der Waals surface area contributed by atoms with Crippen molar-refractivity contribution >= 4 is 15.7 Å². The molecule has 1 amide bonds. The van der Waals surface area contributed by atoms with Gasteiger partial charge in [-0.2, -0.15) is 0 Å². The number of ether oxygens (including phenoxy) is 1. The Balaban J connectivity index is 3.12. The maximum atomic E-state index is 12.8. The molecule has 1 rings (SSSR count). The van der Waals surface area contributed by atoms with Crippen LogP contribution >= 0.6 is 0 Å². The number of carbonyl (C=O) groups is 1. The van der Waals surface area contributed by atoms with E-state index >= 15 is 0 Å². The SMILES string of the molecule is COc1cc(C(=O)N(CCS(C)(=O)=O)C(C)(C)C)ccc1C. The summed E-state index contributed by atoms with van der Waals surface area (Å²) in [7, 11) is -1.58. The van der Waals surface area contributed by atoms with Gasteiger partial charge in [-0.25, -0.2) is 8.42 Å². The summed E-state index contributed by atoms with van der Waals surface area (Å²) in [6.45, 7) is 7.73. The Morgan fingerprint density at radius 1 is 1.27 bits per heavy atom.